The van der Waals surface area contributed by atoms with Gasteiger partial charge in [-0.15, -0.1) is 0 Å². The molecular weight excluding hydrogens is 274 g/mol. The van der Waals surface area contributed by atoms with Crippen LogP contribution >= 0.6 is 11.6 Å². The number of rotatable bonds is 5. The minimum absolute atomic E-state index is 0.495. The Hall–Kier alpha value is -1.55. The molecule has 0 saturated heterocycles. The molecule has 5 heteroatoms. The van der Waals surface area contributed by atoms with Crippen molar-refractivity contribution in [2.24, 2.45) is 0 Å². The van der Waals surface area contributed by atoms with Gasteiger partial charge in [0.1, 0.15) is 22.6 Å². The molecule has 3 rings (SSSR count). The minimum atomic E-state index is 0.495. The summed E-state index contributed by atoms with van der Waals surface area (Å²) in [6, 6.07) is 3.88. The number of halogens is 1. The first kappa shape index (κ1) is 13.4. The number of furan rings is 1. The van der Waals surface area contributed by atoms with E-state index in [1.54, 1.807) is 6.26 Å². The Kier molecular flexibility index (Phi) is 3.66. The monoisotopic (exact) mass is 291 g/mol. The Morgan fingerprint density at radius 3 is 2.80 bits per heavy atom. The third-order valence-corrected chi connectivity index (χ3v) is 4.00. The van der Waals surface area contributed by atoms with E-state index in [1.807, 2.05) is 19.1 Å². The van der Waals surface area contributed by atoms with Crippen LogP contribution in [0, 0.1) is 6.92 Å². The normalized spacial score (nSPS) is 14.6. The van der Waals surface area contributed by atoms with Crippen molar-refractivity contribution in [3.63, 3.8) is 0 Å². The molecule has 0 radical (unpaired) electrons. The van der Waals surface area contributed by atoms with Crippen molar-refractivity contribution in [3.8, 4) is 0 Å². The molecule has 0 spiro atoms. The molecule has 1 aliphatic rings. The molecular formula is C15H18ClN3O. The van der Waals surface area contributed by atoms with Crippen LogP contribution in [0.25, 0.3) is 0 Å². The number of nitrogens with zero attached hydrogens (tertiary/aromatic N) is 3. The second kappa shape index (κ2) is 5.44. The van der Waals surface area contributed by atoms with Crippen molar-refractivity contribution in [1.29, 1.82) is 0 Å². The molecule has 106 valence electrons. The van der Waals surface area contributed by atoms with Crippen LogP contribution in [-0.4, -0.2) is 16.5 Å². The van der Waals surface area contributed by atoms with E-state index in [0.717, 1.165) is 29.5 Å². The van der Waals surface area contributed by atoms with Gasteiger partial charge in [0.2, 0.25) is 0 Å². The molecule has 0 aromatic carbocycles. The third-order valence-electron chi connectivity index (χ3n) is 3.63. The van der Waals surface area contributed by atoms with E-state index < -0.39 is 0 Å². The number of aromatic nitrogens is 2. The van der Waals surface area contributed by atoms with Crippen molar-refractivity contribution < 1.29 is 4.42 Å². The summed E-state index contributed by atoms with van der Waals surface area (Å²) in [5.41, 5.74) is 0.935. The summed E-state index contributed by atoms with van der Waals surface area (Å²) in [5, 5.41) is 0.565. The smallest absolute Gasteiger partial charge is 0.137 e. The van der Waals surface area contributed by atoms with Crippen LogP contribution in [0.4, 0.5) is 5.82 Å². The average molecular weight is 292 g/mol. The molecule has 0 amide bonds. The van der Waals surface area contributed by atoms with Crippen molar-refractivity contribution in [2.75, 3.05) is 11.4 Å². The first-order valence-corrected chi connectivity index (χ1v) is 7.38. The van der Waals surface area contributed by atoms with Crippen molar-refractivity contribution in [1.82, 2.24) is 9.97 Å². The third kappa shape index (κ3) is 2.66. The van der Waals surface area contributed by atoms with Gasteiger partial charge in [-0.2, -0.15) is 0 Å². The molecule has 0 atom stereocenters. The minimum Gasteiger partial charge on any atom is -0.467 e. The summed E-state index contributed by atoms with van der Waals surface area (Å²) in [7, 11) is 0. The number of hydrogen-bond acceptors (Lipinski definition) is 4. The van der Waals surface area contributed by atoms with Crippen LogP contribution in [0.1, 0.15) is 42.8 Å². The molecule has 2 heterocycles. The summed E-state index contributed by atoms with van der Waals surface area (Å²) in [5.74, 6) is 3.22. The standard InChI is InChI=1S/C15H18ClN3O/c1-3-19(9-12-5-4-8-20-12)15-10(2)13(16)17-14(18-15)11-6-7-11/h4-5,8,11H,3,6-7,9H2,1-2H3. The zero-order chi connectivity index (χ0) is 14.1. The van der Waals surface area contributed by atoms with Gasteiger partial charge in [-0.1, -0.05) is 11.6 Å². The van der Waals surface area contributed by atoms with Crippen molar-refractivity contribution in [2.45, 2.75) is 39.2 Å². The largest absolute Gasteiger partial charge is 0.467 e. The van der Waals surface area contributed by atoms with Gasteiger partial charge in [-0.3, -0.25) is 0 Å². The van der Waals surface area contributed by atoms with E-state index in [1.165, 1.54) is 12.8 Å². The number of hydrogen-bond donors (Lipinski definition) is 0. The van der Waals surface area contributed by atoms with Gasteiger partial charge in [-0.05, 0) is 38.8 Å². The fraction of sp³-hybridized carbons (Fsp3) is 0.467. The second-order valence-corrected chi connectivity index (χ2v) is 5.55. The molecule has 2 aromatic rings. The molecule has 0 bridgehead atoms. The van der Waals surface area contributed by atoms with Gasteiger partial charge in [0, 0.05) is 18.0 Å². The van der Waals surface area contributed by atoms with E-state index in [2.05, 4.69) is 16.8 Å². The molecule has 1 saturated carbocycles. The quantitative estimate of drug-likeness (QED) is 0.783. The van der Waals surface area contributed by atoms with E-state index in [0.29, 0.717) is 17.6 Å². The Bertz CT molecular complexity index is 593. The van der Waals surface area contributed by atoms with Crippen LogP contribution in [0.3, 0.4) is 0 Å². The summed E-state index contributed by atoms with van der Waals surface area (Å²) >= 11 is 6.27. The average Bonchev–Trinajstić information content (AvgIpc) is 3.17. The van der Waals surface area contributed by atoms with Crippen LogP contribution in [-0.2, 0) is 6.54 Å². The lowest BCUT2D eigenvalue weighted by atomic mass is 10.2. The van der Waals surface area contributed by atoms with Gasteiger partial charge in [0.15, 0.2) is 0 Å². The summed E-state index contributed by atoms with van der Waals surface area (Å²) < 4.78 is 5.43. The molecule has 0 unspecified atom stereocenters. The highest BCUT2D eigenvalue weighted by Crippen LogP contribution is 2.40. The zero-order valence-electron chi connectivity index (χ0n) is 11.8. The van der Waals surface area contributed by atoms with E-state index in [9.17, 15) is 0 Å². The fourth-order valence-electron chi connectivity index (χ4n) is 2.25. The van der Waals surface area contributed by atoms with Crippen molar-refractivity contribution >= 4 is 17.4 Å². The maximum atomic E-state index is 6.27. The van der Waals surface area contributed by atoms with Crippen molar-refractivity contribution in [3.05, 3.63) is 40.7 Å². The Morgan fingerprint density at radius 1 is 1.40 bits per heavy atom. The topological polar surface area (TPSA) is 42.2 Å². The summed E-state index contributed by atoms with van der Waals surface area (Å²) in [4.78, 5) is 11.3. The van der Waals surface area contributed by atoms with Gasteiger partial charge < -0.3 is 9.32 Å². The molecule has 20 heavy (non-hydrogen) atoms. The van der Waals surface area contributed by atoms with Crippen LogP contribution in [0.5, 0.6) is 0 Å². The first-order chi connectivity index (χ1) is 9.69. The van der Waals surface area contributed by atoms with Gasteiger partial charge in [0.25, 0.3) is 0 Å². The summed E-state index contributed by atoms with van der Waals surface area (Å²) in [6.07, 6.45) is 4.03. The highest BCUT2D eigenvalue weighted by atomic mass is 35.5. The highest BCUT2D eigenvalue weighted by molar-refractivity contribution is 6.30. The lowest BCUT2D eigenvalue weighted by Crippen LogP contribution is -2.24. The molecule has 1 fully saturated rings. The molecule has 2 aromatic heterocycles. The van der Waals surface area contributed by atoms with E-state index in [4.69, 9.17) is 21.0 Å². The SMILES string of the molecule is CCN(Cc1ccco1)c1nc(C2CC2)nc(Cl)c1C. The predicted molar refractivity (Wildman–Crippen MR) is 79.2 cm³/mol. The molecule has 0 N–H and O–H groups in total. The maximum Gasteiger partial charge on any atom is 0.137 e. The second-order valence-electron chi connectivity index (χ2n) is 5.19. The Labute approximate surface area is 123 Å². The lowest BCUT2D eigenvalue weighted by Gasteiger charge is -2.23. The molecule has 4 nitrogen and oxygen atoms in total. The van der Waals surface area contributed by atoms with Crippen LogP contribution < -0.4 is 4.90 Å². The van der Waals surface area contributed by atoms with Gasteiger partial charge in [0.05, 0.1) is 12.8 Å². The Morgan fingerprint density at radius 2 is 2.20 bits per heavy atom. The predicted octanol–water partition coefficient (Wildman–Crippen LogP) is 3.94. The Balaban J connectivity index is 1.93. The number of anilines is 1. The zero-order valence-corrected chi connectivity index (χ0v) is 12.5. The molecule has 0 aliphatic heterocycles. The van der Waals surface area contributed by atoms with Crippen LogP contribution in [0.15, 0.2) is 22.8 Å². The van der Waals surface area contributed by atoms with E-state index >= 15 is 0 Å². The molecule has 1 aliphatic carbocycles. The maximum absolute atomic E-state index is 6.27. The van der Waals surface area contributed by atoms with Gasteiger partial charge in [-0.25, -0.2) is 9.97 Å². The van der Waals surface area contributed by atoms with Crippen LogP contribution in [0.2, 0.25) is 5.15 Å². The van der Waals surface area contributed by atoms with E-state index in [-0.39, 0.29) is 0 Å². The fourth-order valence-corrected chi connectivity index (χ4v) is 2.42. The van der Waals surface area contributed by atoms with Gasteiger partial charge >= 0.3 is 0 Å². The lowest BCUT2D eigenvalue weighted by molar-refractivity contribution is 0.502. The summed E-state index contributed by atoms with van der Waals surface area (Å²) in [6.45, 7) is 5.62. The first-order valence-electron chi connectivity index (χ1n) is 7.00. The highest BCUT2D eigenvalue weighted by Gasteiger charge is 2.28.